The first-order valence-corrected chi connectivity index (χ1v) is 14.9. The zero-order valence-corrected chi connectivity index (χ0v) is 23.2. The molecule has 1 amide bonds. The van der Waals surface area contributed by atoms with E-state index in [1.54, 1.807) is 24.3 Å². The maximum atomic E-state index is 13.4. The average Bonchev–Trinajstić information content (AvgIpc) is 2.92. The third kappa shape index (κ3) is 10.3. The molecule has 4 N–H and O–H groups in total. The van der Waals surface area contributed by atoms with Gasteiger partial charge in [-0.25, -0.2) is 13.1 Å². The van der Waals surface area contributed by atoms with Crippen LogP contribution in [0.1, 0.15) is 35.6 Å². The van der Waals surface area contributed by atoms with Crippen molar-refractivity contribution in [1.29, 1.82) is 0 Å². The zero-order valence-electron chi connectivity index (χ0n) is 22.4. The molecule has 0 saturated heterocycles. The number of aryl methyl sites for hydroxylation is 1. The minimum absolute atomic E-state index is 0.116. The van der Waals surface area contributed by atoms with E-state index in [0.29, 0.717) is 31.7 Å². The Balaban J connectivity index is 1.76. The van der Waals surface area contributed by atoms with Crippen molar-refractivity contribution in [3.05, 3.63) is 101 Å². The molecule has 0 heterocycles. The fourth-order valence-electron chi connectivity index (χ4n) is 4.22. The van der Waals surface area contributed by atoms with Crippen LogP contribution in [-0.2, 0) is 45.4 Å². The van der Waals surface area contributed by atoms with E-state index in [4.69, 9.17) is 10.5 Å². The highest BCUT2D eigenvalue weighted by molar-refractivity contribution is 7.88. The van der Waals surface area contributed by atoms with Gasteiger partial charge >= 0.3 is 0 Å². The summed E-state index contributed by atoms with van der Waals surface area (Å²) >= 11 is 0. The quantitative estimate of drug-likeness (QED) is 0.267. The van der Waals surface area contributed by atoms with Crippen molar-refractivity contribution in [3.63, 3.8) is 0 Å². The summed E-state index contributed by atoms with van der Waals surface area (Å²) in [6.45, 7) is 2.86. The number of ketones is 1. The minimum Gasteiger partial charge on any atom is -0.494 e. The highest BCUT2D eigenvalue weighted by Crippen LogP contribution is 2.15. The summed E-state index contributed by atoms with van der Waals surface area (Å²) in [5.74, 6) is -0.00493. The van der Waals surface area contributed by atoms with Crippen LogP contribution in [0.3, 0.4) is 0 Å². The summed E-state index contributed by atoms with van der Waals surface area (Å²) in [5.41, 5.74) is 9.32. The summed E-state index contributed by atoms with van der Waals surface area (Å²) < 4.78 is 32.1. The van der Waals surface area contributed by atoms with Crippen LogP contribution < -0.4 is 20.5 Å². The Kier molecular flexibility index (Phi) is 11.2. The standard InChI is InChI=1S/C30H37N3O5S/c1-3-38-26-16-13-24(14-17-26)20-28(33-39(2,36)37)30(35)32-27(19-23-7-5-4-6-8-23)29(34)18-15-22-9-11-25(21-31)12-10-22/h4-14,16-17,27-28,33H,3,15,18-21,31H2,1-2H3,(H,32,35)/t27-,28+/m0/s1. The molecule has 9 heteroatoms. The van der Waals surface area contributed by atoms with Crippen LogP contribution in [0.2, 0.25) is 0 Å². The molecule has 0 saturated carbocycles. The third-order valence-corrected chi connectivity index (χ3v) is 6.97. The number of carbonyl (C=O) groups excluding carboxylic acids is 2. The lowest BCUT2D eigenvalue weighted by Gasteiger charge is -2.23. The number of nitrogens with two attached hydrogens (primary N) is 1. The Hall–Kier alpha value is -3.53. The van der Waals surface area contributed by atoms with Crippen molar-refractivity contribution < 1.29 is 22.7 Å². The molecule has 0 bridgehead atoms. The van der Waals surface area contributed by atoms with Crippen LogP contribution in [0.15, 0.2) is 78.9 Å². The zero-order chi connectivity index (χ0) is 28.3. The maximum Gasteiger partial charge on any atom is 0.239 e. The molecule has 0 aromatic heterocycles. The Morgan fingerprint density at radius 1 is 0.821 bits per heavy atom. The van der Waals surface area contributed by atoms with Gasteiger partial charge in [0.1, 0.15) is 11.8 Å². The molecule has 208 valence electrons. The normalized spacial score (nSPS) is 12.9. The number of benzene rings is 3. The van der Waals surface area contributed by atoms with Crippen molar-refractivity contribution in [2.45, 2.75) is 51.2 Å². The summed E-state index contributed by atoms with van der Waals surface area (Å²) in [6, 6.07) is 22.4. The number of hydrogen-bond donors (Lipinski definition) is 3. The molecule has 0 spiro atoms. The third-order valence-electron chi connectivity index (χ3n) is 6.25. The van der Waals surface area contributed by atoms with Crippen LogP contribution in [0.4, 0.5) is 0 Å². The number of carbonyl (C=O) groups is 2. The Morgan fingerprint density at radius 3 is 1.97 bits per heavy atom. The molecule has 8 nitrogen and oxygen atoms in total. The van der Waals surface area contributed by atoms with E-state index in [9.17, 15) is 18.0 Å². The Labute approximate surface area is 231 Å². The molecular weight excluding hydrogens is 514 g/mol. The molecule has 39 heavy (non-hydrogen) atoms. The number of rotatable bonds is 15. The molecule has 0 unspecified atom stereocenters. The van der Waals surface area contributed by atoms with Crippen LogP contribution >= 0.6 is 0 Å². The summed E-state index contributed by atoms with van der Waals surface area (Å²) in [4.78, 5) is 26.8. The van der Waals surface area contributed by atoms with Crippen LogP contribution in [0.25, 0.3) is 0 Å². The van der Waals surface area contributed by atoms with Crippen LogP contribution in [0.5, 0.6) is 5.75 Å². The van der Waals surface area contributed by atoms with E-state index < -0.39 is 28.0 Å². The van der Waals surface area contributed by atoms with Crippen LogP contribution in [-0.4, -0.2) is 45.1 Å². The predicted molar refractivity (Wildman–Crippen MR) is 153 cm³/mol. The lowest BCUT2D eigenvalue weighted by atomic mass is 9.96. The molecule has 0 aliphatic rings. The van der Waals surface area contributed by atoms with E-state index in [-0.39, 0.29) is 18.6 Å². The molecular formula is C30H37N3O5S. The number of ether oxygens (including phenoxy) is 1. The van der Waals surface area contributed by atoms with Crippen LogP contribution in [0, 0.1) is 0 Å². The summed E-state index contributed by atoms with van der Waals surface area (Å²) in [7, 11) is -3.70. The van der Waals surface area contributed by atoms with E-state index in [1.165, 1.54) is 0 Å². The van der Waals surface area contributed by atoms with E-state index in [0.717, 1.165) is 28.5 Å². The van der Waals surface area contributed by atoms with Gasteiger partial charge in [0, 0.05) is 13.0 Å². The molecule has 3 aromatic rings. The first kappa shape index (κ1) is 30.0. The van der Waals surface area contributed by atoms with Gasteiger partial charge in [0.25, 0.3) is 0 Å². The first-order chi connectivity index (χ1) is 18.7. The summed E-state index contributed by atoms with van der Waals surface area (Å²) in [5, 5.41) is 2.84. The van der Waals surface area contributed by atoms with Gasteiger partial charge in [-0.2, -0.15) is 0 Å². The van der Waals surface area contributed by atoms with Gasteiger partial charge in [-0.3, -0.25) is 9.59 Å². The van der Waals surface area contributed by atoms with Gasteiger partial charge in [-0.15, -0.1) is 0 Å². The Bertz CT molecular complexity index is 1310. The number of sulfonamides is 1. The molecule has 3 aromatic carbocycles. The summed E-state index contributed by atoms with van der Waals surface area (Å²) in [6.07, 6.45) is 2.16. The molecule has 3 rings (SSSR count). The molecule has 0 aliphatic heterocycles. The van der Waals surface area contributed by atoms with Crippen molar-refractivity contribution in [3.8, 4) is 5.75 Å². The Morgan fingerprint density at radius 2 is 1.38 bits per heavy atom. The fraction of sp³-hybridized carbons (Fsp3) is 0.333. The minimum atomic E-state index is -3.70. The molecule has 0 radical (unpaired) electrons. The van der Waals surface area contributed by atoms with Gasteiger partial charge in [0.15, 0.2) is 5.78 Å². The number of Topliss-reactive ketones (excluding diaryl/α,β-unsaturated/α-hetero) is 1. The predicted octanol–water partition coefficient (Wildman–Crippen LogP) is 2.93. The van der Waals surface area contributed by atoms with Gasteiger partial charge in [-0.05, 0) is 60.6 Å². The van der Waals surface area contributed by atoms with E-state index >= 15 is 0 Å². The highest BCUT2D eigenvalue weighted by Gasteiger charge is 2.28. The largest absolute Gasteiger partial charge is 0.494 e. The monoisotopic (exact) mass is 551 g/mol. The molecule has 2 atom stereocenters. The average molecular weight is 552 g/mol. The number of nitrogens with one attached hydrogen (secondary N) is 2. The van der Waals surface area contributed by atoms with Crippen molar-refractivity contribution in [1.82, 2.24) is 10.0 Å². The second-order valence-corrected chi connectivity index (χ2v) is 11.2. The van der Waals surface area contributed by atoms with Crippen molar-refractivity contribution in [2.75, 3.05) is 12.9 Å². The SMILES string of the molecule is CCOc1ccc(C[C@@H](NS(C)(=O)=O)C(=O)N[C@@H](Cc2ccccc2)C(=O)CCc2ccc(CN)cc2)cc1. The van der Waals surface area contributed by atoms with Crippen molar-refractivity contribution in [2.24, 2.45) is 5.73 Å². The topological polar surface area (TPSA) is 128 Å². The smallest absolute Gasteiger partial charge is 0.239 e. The second-order valence-electron chi connectivity index (χ2n) is 9.46. The highest BCUT2D eigenvalue weighted by atomic mass is 32.2. The lowest BCUT2D eigenvalue weighted by Crippen LogP contribution is -2.52. The molecule has 0 fully saturated rings. The van der Waals surface area contributed by atoms with E-state index in [2.05, 4.69) is 10.0 Å². The lowest BCUT2D eigenvalue weighted by molar-refractivity contribution is -0.128. The number of amides is 1. The fourth-order valence-corrected chi connectivity index (χ4v) is 4.93. The van der Waals surface area contributed by atoms with Crippen molar-refractivity contribution >= 4 is 21.7 Å². The maximum absolute atomic E-state index is 13.4. The molecule has 0 aliphatic carbocycles. The number of hydrogen-bond acceptors (Lipinski definition) is 6. The van der Waals surface area contributed by atoms with E-state index in [1.807, 2.05) is 61.5 Å². The van der Waals surface area contributed by atoms with Gasteiger partial charge < -0.3 is 15.8 Å². The van der Waals surface area contributed by atoms with Gasteiger partial charge in [0.2, 0.25) is 15.9 Å². The second kappa shape index (κ2) is 14.6. The van der Waals surface area contributed by atoms with Gasteiger partial charge in [0.05, 0.1) is 18.9 Å². The van der Waals surface area contributed by atoms with Gasteiger partial charge in [-0.1, -0.05) is 66.7 Å². The first-order valence-electron chi connectivity index (χ1n) is 13.0.